The van der Waals surface area contributed by atoms with Crippen LogP contribution in [0.25, 0.3) is 0 Å². The van der Waals surface area contributed by atoms with Gasteiger partial charge in [-0.15, -0.1) is 0 Å². The second-order valence-electron chi connectivity index (χ2n) is 5.58. The predicted octanol–water partition coefficient (Wildman–Crippen LogP) is 4.44. The minimum Gasteiger partial charge on any atom is -0.492 e. The Morgan fingerprint density at radius 3 is 2.63 bits per heavy atom. The zero-order valence-corrected chi connectivity index (χ0v) is 13.3. The maximum Gasteiger partial charge on any atom is 0.123 e. The molecule has 108 valence electrons. The van der Waals surface area contributed by atoms with Crippen molar-refractivity contribution < 1.29 is 4.74 Å². The van der Waals surface area contributed by atoms with E-state index in [1.807, 2.05) is 25.1 Å². The monoisotopic (exact) mass is 283 g/mol. The molecule has 0 aliphatic heterocycles. The third-order valence-corrected chi connectivity index (χ3v) is 3.41. The molecule has 0 bridgehead atoms. The van der Waals surface area contributed by atoms with Gasteiger partial charge in [0.05, 0.1) is 0 Å². The summed E-state index contributed by atoms with van der Waals surface area (Å²) in [5.74, 6) is 1.65. The van der Waals surface area contributed by atoms with E-state index in [1.165, 1.54) is 12.8 Å². The van der Waals surface area contributed by atoms with Crippen molar-refractivity contribution in [2.24, 2.45) is 5.92 Å². The molecule has 0 saturated carbocycles. The van der Waals surface area contributed by atoms with Crippen molar-refractivity contribution in [1.82, 2.24) is 5.32 Å². The van der Waals surface area contributed by atoms with Gasteiger partial charge in [-0.3, -0.25) is 0 Å². The first kappa shape index (κ1) is 16.3. The molecule has 0 radical (unpaired) electrons. The lowest BCUT2D eigenvalue weighted by Gasteiger charge is -2.16. The Hall–Kier alpha value is -0.730. The van der Waals surface area contributed by atoms with E-state index in [2.05, 4.69) is 26.1 Å². The Morgan fingerprint density at radius 2 is 1.95 bits per heavy atom. The summed E-state index contributed by atoms with van der Waals surface area (Å²) >= 11 is 5.96. The number of hydrogen-bond acceptors (Lipinski definition) is 2. The molecule has 1 atom stereocenters. The molecule has 0 fully saturated rings. The molecular formula is C16H26ClNO. The van der Waals surface area contributed by atoms with Crippen LogP contribution in [-0.2, 0) is 0 Å². The van der Waals surface area contributed by atoms with Gasteiger partial charge in [0, 0.05) is 17.6 Å². The van der Waals surface area contributed by atoms with E-state index in [-0.39, 0.29) is 0 Å². The molecule has 0 amide bonds. The van der Waals surface area contributed by atoms with E-state index in [4.69, 9.17) is 16.3 Å². The summed E-state index contributed by atoms with van der Waals surface area (Å²) in [7, 11) is 0. The van der Waals surface area contributed by atoms with Crippen LogP contribution < -0.4 is 10.1 Å². The smallest absolute Gasteiger partial charge is 0.123 e. The molecule has 1 unspecified atom stereocenters. The number of nitrogens with one attached hydrogen (secondary N) is 1. The van der Waals surface area contributed by atoms with Gasteiger partial charge in [0.25, 0.3) is 0 Å². The fourth-order valence-electron chi connectivity index (χ4n) is 1.88. The summed E-state index contributed by atoms with van der Waals surface area (Å²) < 4.78 is 5.75. The SMILES string of the molecule is Cc1ccc(Cl)cc1OCCNC(C)CCC(C)C. The standard InChI is InChI=1S/C16H26ClNO/c1-12(2)5-7-14(4)18-9-10-19-16-11-15(17)8-6-13(16)3/h6,8,11-12,14,18H,5,7,9-10H2,1-4H3. The first-order valence-corrected chi connectivity index (χ1v) is 7.49. The van der Waals surface area contributed by atoms with Gasteiger partial charge in [-0.2, -0.15) is 0 Å². The van der Waals surface area contributed by atoms with Crippen LogP contribution in [0.5, 0.6) is 5.75 Å². The van der Waals surface area contributed by atoms with Gasteiger partial charge in [-0.1, -0.05) is 31.5 Å². The fourth-order valence-corrected chi connectivity index (χ4v) is 2.04. The topological polar surface area (TPSA) is 21.3 Å². The first-order chi connectivity index (χ1) is 8.99. The predicted molar refractivity (Wildman–Crippen MR) is 83.2 cm³/mol. The third kappa shape index (κ3) is 6.84. The maximum atomic E-state index is 5.96. The average molecular weight is 284 g/mol. The van der Waals surface area contributed by atoms with Crippen LogP contribution in [0, 0.1) is 12.8 Å². The number of rotatable bonds is 8. The Balaban J connectivity index is 2.21. The number of ether oxygens (including phenoxy) is 1. The highest BCUT2D eigenvalue weighted by Gasteiger charge is 2.04. The summed E-state index contributed by atoms with van der Waals surface area (Å²) in [6.45, 7) is 10.3. The van der Waals surface area contributed by atoms with E-state index in [0.29, 0.717) is 12.6 Å². The Labute approximate surface area is 122 Å². The van der Waals surface area contributed by atoms with Crippen molar-refractivity contribution in [1.29, 1.82) is 0 Å². The van der Waals surface area contributed by atoms with Crippen LogP contribution in [0.15, 0.2) is 18.2 Å². The van der Waals surface area contributed by atoms with Crippen LogP contribution in [0.3, 0.4) is 0 Å². The lowest BCUT2D eigenvalue weighted by Crippen LogP contribution is -2.30. The minimum atomic E-state index is 0.548. The van der Waals surface area contributed by atoms with Crippen molar-refractivity contribution in [2.75, 3.05) is 13.2 Å². The molecular weight excluding hydrogens is 258 g/mol. The molecule has 0 aromatic heterocycles. The molecule has 0 heterocycles. The molecule has 0 saturated heterocycles. The number of hydrogen-bond donors (Lipinski definition) is 1. The summed E-state index contributed by atoms with van der Waals surface area (Å²) in [5, 5.41) is 4.21. The van der Waals surface area contributed by atoms with Crippen molar-refractivity contribution in [3.05, 3.63) is 28.8 Å². The lowest BCUT2D eigenvalue weighted by atomic mass is 10.0. The van der Waals surface area contributed by atoms with Crippen molar-refractivity contribution >= 4 is 11.6 Å². The van der Waals surface area contributed by atoms with Crippen LogP contribution in [0.1, 0.15) is 39.2 Å². The van der Waals surface area contributed by atoms with Gasteiger partial charge in [0.15, 0.2) is 0 Å². The quantitative estimate of drug-likeness (QED) is 0.712. The van der Waals surface area contributed by atoms with Gasteiger partial charge in [-0.25, -0.2) is 0 Å². The maximum absolute atomic E-state index is 5.96. The molecule has 1 N–H and O–H groups in total. The molecule has 1 aromatic carbocycles. The van der Waals surface area contributed by atoms with Crippen LogP contribution >= 0.6 is 11.6 Å². The Morgan fingerprint density at radius 1 is 1.21 bits per heavy atom. The molecule has 1 aromatic rings. The third-order valence-electron chi connectivity index (χ3n) is 3.18. The summed E-state index contributed by atoms with van der Waals surface area (Å²) in [4.78, 5) is 0. The number of benzene rings is 1. The molecule has 0 spiro atoms. The van der Waals surface area contributed by atoms with Crippen LogP contribution in [0.4, 0.5) is 0 Å². The summed E-state index contributed by atoms with van der Waals surface area (Å²) in [5.41, 5.74) is 1.12. The molecule has 1 rings (SSSR count). The van der Waals surface area contributed by atoms with Gasteiger partial charge >= 0.3 is 0 Å². The van der Waals surface area contributed by atoms with Gasteiger partial charge < -0.3 is 10.1 Å². The highest BCUT2D eigenvalue weighted by Crippen LogP contribution is 2.22. The van der Waals surface area contributed by atoms with Crippen LogP contribution in [-0.4, -0.2) is 19.2 Å². The molecule has 2 nitrogen and oxygen atoms in total. The van der Waals surface area contributed by atoms with E-state index in [0.717, 1.165) is 28.8 Å². The number of aryl methyl sites for hydroxylation is 1. The number of halogens is 1. The Kier molecular flexibility index (Phi) is 7.25. The normalized spacial score (nSPS) is 12.7. The van der Waals surface area contributed by atoms with E-state index in [1.54, 1.807) is 0 Å². The van der Waals surface area contributed by atoms with Gasteiger partial charge in [0.1, 0.15) is 12.4 Å². The average Bonchev–Trinajstić information content (AvgIpc) is 2.36. The Bertz CT molecular complexity index is 379. The summed E-state index contributed by atoms with van der Waals surface area (Å²) in [6, 6.07) is 6.29. The van der Waals surface area contributed by atoms with Gasteiger partial charge in [0.2, 0.25) is 0 Å². The first-order valence-electron chi connectivity index (χ1n) is 7.11. The minimum absolute atomic E-state index is 0.548. The van der Waals surface area contributed by atoms with E-state index < -0.39 is 0 Å². The second-order valence-corrected chi connectivity index (χ2v) is 6.02. The molecule has 19 heavy (non-hydrogen) atoms. The largest absolute Gasteiger partial charge is 0.492 e. The lowest BCUT2D eigenvalue weighted by molar-refractivity contribution is 0.301. The highest BCUT2D eigenvalue weighted by atomic mass is 35.5. The van der Waals surface area contributed by atoms with Crippen molar-refractivity contribution in [2.45, 2.75) is 46.6 Å². The second kappa shape index (κ2) is 8.44. The summed E-state index contributed by atoms with van der Waals surface area (Å²) in [6.07, 6.45) is 2.48. The molecule has 3 heteroatoms. The van der Waals surface area contributed by atoms with E-state index in [9.17, 15) is 0 Å². The van der Waals surface area contributed by atoms with Gasteiger partial charge in [-0.05, 0) is 50.3 Å². The van der Waals surface area contributed by atoms with E-state index >= 15 is 0 Å². The zero-order valence-electron chi connectivity index (χ0n) is 12.5. The van der Waals surface area contributed by atoms with Crippen LogP contribution in [0.2, 0.25) is 5.02 Å². The molecule has 0 aliphatic rings. The zero-order chi connectivity index (χ0) is 14.3. The fraction of sp³-hybridized carbons (Fsp3) is 0.625. The molecule has 0 aliphatic carbocycles. The van der Waals surface area contributed by atoms with Crippen molar-refractivity contribution in [3.63, 3.8) is 0 Å². The highest BCUT2D eigenvalue weighted by molar-refractivity contribution is 6.30. The van der Waals surface area contributed by atoms with Crippen molar-refractivity contribution in [3.8, 4) is 5.75 Å².